The first-order valence-electron chi connectivity index (χ1n) is 11.7. The van der Waals surface area contributed by atoms with Crippen molar-refractivity contribution in [2.45, 2.75) is 25.7 Å². The average Bonchev–Trinajstić information content (AvgIpc) is 3.50. The van der Waals surface area contributed by atoms with E-state index in [-0.39, 0.29) is 11.6 Å². The van der Waals surface area contributed by atoms with Gasteiger partial charge in [0.1, 0.15) is 5.82 Å². The van der Waals surface area contributed by atoms with Gasteiger partial charge in [-0.25, -0.2) is 14.5 Å². The molecule has 2 aliphatic rings. The topological polar surface area (TPSA) is 71.0 Å². The van der Waals surface area contributed by atoms with E-state index < -0.39 is 0 Å². The molecule has 1 N–H and O–H groups in total. The molecule has 4 aromatic rings. The standard InChI is InChI=1S/C27H26N4O2/c32-26(21-8-9-21)30-15-14-18(17-30)16-25-28-29-27(33)31(25)22-12-10-20(11-13-22)24-7-3-5-19-4-1-2-6-23(19)24/h1-7,10-13,18,21H,8-9,14-17H2,(H,29,33)/t18-/m0/s1. The maximum atomic E-state index is 12.6. The van der Waals surface area contributed by atoms with Crippen LogP contribution in [-0.2, 0) is 11.2 Å². The summed E-state index contributed by atoms with van der Waals surface area (Å²) < 4.78 is 1.66. The molecule has 0 unspecified atom stereocenters. The molecule has 0 bridgehead atoms. The smallest absolute Gasteiger partial charge is 0.342 e. The highest BCUT2D eigenvalue weighted by Gasteiger charge is 2.36. The number of aromatic nitrogens is 3. The van der Waals surface area contributed by atoms with Crippen molar-refractivity contribution >= 4 is 16.7 Å². The lowest BCUT2D eigenvalue weighted by Crippen LogP contribution is -2.30. The molecule has 3 aromatic carbocycles. The van der Waals surface area contributed by atoms with Crippen LogP contribution >= 0.6 is 0 Å². The predicted octanol–water partition coefficient (Wildman–Crippen LogP) is 4.18. The zero-order valence-electron chi connectivity index (χ0n) is 18.4. The van der Waals surface area contributed by atoms with Crippen molar-refractivity contribution < 1.29 is 4.79 Å². The summed E-state index contributed by atoms with van der Waals surface area (Å²) in [5.41, 5.74) is 2.85. The van der Waals surface area contributed by atoms with Gasteiger partial charge in [-0.15, -0.1) is 0 Å². The van der Waals surface area contributed by atoms with Gasteiger partial charge in [-0.05, 0) is 59.2 Å². The molecular weight excluding hydrogens is 412 g/mol. The fourth-order valence-corrected chi connectivity index (χ4v) is 5.05. The summed E-state index contributed by atoms with van der Waals surface area (Å²) in [6, 6.07) is 22.8. The van der Waals surface area contributed by atoms with Gasteiger partial charge in [-0.1, -0.05) is 54.6 Å². The Labute approximate surface area is 191 Å². The number of nitrogens with one attached hydrogen (secondary N) is 1. The molecule has 166 valence electrons. The number of carbonyl (C=O) groups is 1. The zero-order valence-corrected chi connectivity index (χ0v) is 18.4. The van der Waals surface area contributed by atoms with Gasteiger partial charge in [0.15, 0.2) is 0 Å². The molecule has 6 nitrogen and oxygen atoms in total. The number of hydrogen-bond donors (Lipinski definition) is 1. The number of nitrogens with zero attached hydrogens (tertiary/aromatic N) is 3. The van der Waals surface area contributed by atoms with Gasteiger partial charge in [0.25, 0.3) is 0 Å². The summed E-state index contributed by atoms with van der Waals surface area (Å²) in [5, 5.41) is 9.35. The Bertz CT molecular complexity index is 1380. The number of carbonyl (C=O) groups excluding carboxylic acids is 1. The van der Waals surface area contributed by atoms with Crippen LogP contribution in [0.1, 0.15) is 25.1 Å². The molecule has 1 atom stereocenters. The van der Waals surface area contributed by atoms with Gasteiger partial charge in [-0.2, -0.15) is 5.10 Å². The van der Waals surface area contributed by atoms with Crippen molar-refractivity contribution in [3.05, 3.63) is 83.0 Å². The van der Waals surface area contributed by atoms with Gasteiger partial charge < -0.3 is 4.90 Å². The maximum Gasteiger partial charge on any atom is 0.347 e. The van der Waals surface area contributed by atoms with Crippen molar-refractivity contribution in [2.75, 3.05) is 13.1 Å². The molecule has 1 amide bonds. The van der Waals surface area contributed by atoms with Gasteiger partial charge in [0.2, 0.25) is 5.91 Å². The third-order valence-corrected chi connectivity index (χ3v) is 6.96. The highest BCUT2D eigenvalue weighted by Crippen LogP contribution is 2.33. The molecular formula is C27H26N4O2. The molecule has 2 heterocycles. The number of likely N-dealkylation sites (tertiary alicyclic amines) is 1. The Morgan fingerprint density at radius 3 is 2.58 bits per heavy atom. The van der Waals surface area contributed by atoms with Crippen LogP contribution in [0.2, 0.25) is 0 Å². The van der Waals surface area contributed by atoms with E-state index in [0.717, 1.165) is 49.4 Å². The van der Waals surface area contributed by atoms with E-state index >= 15 is 0 Å². The van der Waals surface area contributed by atoms with Crippen LogP contribution in [-0.4, -0.2) is 38.7 Å². The number of amides is 1. The fraction of sp³-hybridized carbons (Fsp3) is 0.296. The second-order valence-corrected chi connectivity index (χ2v) is 9.27. The second-order valence-electron chi connectivity index (χ2n) is 9.27. The third-order valence-electron chi connectivity index (χ3n) is 6.96. The number of aromatic amines is 1. The summed E-state index contributed by atoms with van der Waals surface area (Å²) >= 11 is 0. The van der Waals surface area contributed by atoms with E-state index in [1.807, 2.05) is 23.1 Å². The van der Waals surface area contributed by atoms with E-state index in [0.29, 0.717) is 18.2 Å². The molecule has 0 spiro atoms. The monoisotopic (exact) mass is 438 g/mol. The molecule has 1 aromatic heterocycles. The third kappa shape index (κ3) is 3.75. The van der Waals surface area contributed by atoms with Crippen LogP contribution < -0.4 is 5.69 Å². The van der Waals surface area contributed by atoms with Gasteiger partial charge >= 0.3 is 5.69 Å². The highest BCUT2D eigenvalue weighted by molar-refractivity contribution is 5.96. The molecule has 33 heavy (non-hydrogen) atoms. The largest absolute Gasteiger partial charge is 0.347 e. The van der Waals surface area contributed by atoms with E-state index in [4.69, 9.17) is 0 Å². The first-order chi connectivity index (χ1) is 16.2. The normalized spacial score (nSPS) is 18.2. The number of H-pyrrole nitrogens is 1. The Hall–Kier alpha value is -3.67. The molecule has 1 aliphatic carbocycles. The number of fused-ring (bicyclic) bond motifs is 1. The second kappa shape index (κ2) is 8.03. The molecule has 6 rings (SSSR count). The lowest BCUT2D eigenvalue weighted by molar-refractivity contribution is -0.131. The first kappa shape index (κ1) is 20.0. The summed E-state index contributed by atoms with van der Waals surface area (Å²) in [6.07, 6.45) is 3.71. The van der Waals surface area contributed by atoms with Crippen molar-refractivity contribution in [3.8, 4) is 16.8 Å². The first-order valence-corrected chi connectivity index (χ1v) is 11.7. The lowest BCUT2D eigenvalue weighted by Gasteiger charge is -2.16. The summed E-state index contributed by atoms with van der Waals surface area (Å²) in [6.45, 7) is 1.57. The molecule has 6 heteroatoms. The van der Waals surface area contributed by atoms with Crippen LogP contribution in [0.3, 0.4) is 0 Å². The highest BCUT2D eigenvalue weighted by atomic mass is 16.2. The van der Waals surface area contributed by atoms with Crippen molar-refractivity contribution in [2.24, 2.45) is 11.8 Å². The van der Waals surface area contributed by atoms with Crippen molar-refractivity contribution in [1.29, 1.82) is 0 Å². The lowest BCUT2D eigenvalue weighted by atomic mass is 9.98. The number of benzene rings is 3. The molecule has 2 fully saturated rings. The Morgan fingerprint density at radius 2 is 1.76 bits per heavy atom. The molecule has 1 saturated carbocycles. The van der Waals surface area contributed by atoms with Gasteiger partial charge in [0, 0.05) is 25.4 Å². The van der Waals surface area contributed by atoms with Crippen LogP contribution in [0.25, 0.3) is 27.6 Å². The minimum absolute atomic E-state index is 0.230. The maximum absolute atomic E-state index is 12.6. The summed E-state index contributed by atoms with van der Waals surface area (Å²) in [7, 11) is 0. The van der Waals surface area contributed by atoms with Crippen molar-refractivity contribution in [3.63, 3.8) is 0 Å². The van der Waals surface area contributed by atoms with E-state index in [2.05, 4.69) is 58.7 Å². The molecule has 1 aliphatic heterocycles. The average molecular weight is 439 g/mol. The van der Waals surface area contributed by atoms with E-state index in [1.54, 1.807) is 4.57 Å². The predicted molar refractivity (Wildman–Crippen MR) is 128 cm³/mol. The van der Waals surface area contributed by atoms with E-state index in [9.17, 15) is 9.59 Å². The SMILES string of the molecule is O=C(C1CC1)N1CC[C@@H](Cc2n[nH]c(=O)n2-c2ccc(-c3cccc4ccccc34)cc2)C1. The van der Waals surface area contributed by atoms with Gasteiger partial charge in [0.05, 0.1) is 5.69 Å². The number of hydrogen-bond acceptors (Lipinski definition) is 3. The summed E-state index contributed by atoms with van der Waals surface area (Å²) in [5.74, 6) is 1.62. The fourth-order valence-electron chi connectivity index (χ4n) is 5.05. The van der Waals surface area contributed by atoms with Crippen LogP contribution in [0, 0.1) is 11.8 Å². The number of rotatable bonds is 5. The van der Waals surface area contributed by atoms with E-state index in [1.165, 1.54) is 16.3 Å². The molecule has 1 saturated heterocycles. The van der Waals surface area contributed by atoms with Gasteiger partial charge in [-0.3, -0.25) is 4.79 Å². The quantitative estimate of drug-likeness (QED) is 0.508. The van der Waals surface area contributed by atoms with Crippen molar-refractivity contribution in [1.82, 2.24) is 19.7 Å². The minimum Gasteiger partial charge on any atom is -0.342 e. The Balaban J connectivity index is 1.25. The minimum atomic E-state index is -0.230. The van der Waals surface area contributed by atoms with Crippen LogP contribution in [0.15, 0.2) is 71.5 Å². The zero-order chi connectivity index (χ0) is 22.4. The summed E-state index contributed by atoms with van der Waals surface area (Å²) in [4.78, 5) is 27.0. The Morgan fingerprint density at radius 1 is 0.970 bits per heavy atom. The Kier molecular flexibility index (Phi) is 4.86. The van der Waals surface area contributed by atoms with Crippen LogP contribution in [0.4, 0.5) is 0 Å². The van der Waals surface area contributed by atoms with Crippen LogP contribution in [0.5, 0.6) is 0 Å². The molecule has 0 radical (unpaired) electrons.